The Morgan fingerprint density at radius 1 is 1.00 bits per heavy atom. The number of rotatable bonds is 3. The number of hydrogen-bond donors (Lipinski definition) is 2. The van der Waals surface area contributed by atoms with Crippen molar-refractivity contribution in [2.45, 2.75) is 48.6 Å². The lowest BCUT2D eigenvalue weighted by molar-refractivity contribution is -0.271. The minimum atomic E-state index is -7.02. The summed E-state index contributed by atoms with van der Waals surface area (Å²) in [6.45, 7) is 0. The zero-order valence-electron chi connectivity index (χ0n) is 11.6. The molecule has 0 spiro atoms. The Hall–Kier alpha value is -1.08. The molecule has 24 heavy (non-hydrogen) atoms. The largest absolute Gasteiger partial charge is 0.458 e. The molecular formula is C11H12F6O6S. The maximum atomic E-state index is 13.0. The van der Waals surface area contributed by atoms with Gasteiger partial charge in [0, 0.05) is 0 Å². The third-order valence-electron chi connectivity index (χ3n) is 4.51. The van der Waals surface area contributed by atoms with Gasteiger partial charge in [-0.2, -0.15) is 34.8 Å². The van der Waals surface area contributed by atoms with Crippen LogP contribution in [0.2, 0.25) is 0 Å². The van der Waals surface area contributed by atoms with Crippen LogP contribution in [-0.4, -0.2) is 53.4 Å². The second kappa shape index (κ2) is 5.46. The van der Waals surface area contributed by atoms with Gasteiger partial charge < -0.3 is 9.84 Å². The fourth-order valence-electron chi connectivity index (χ4n) is 3.37. The van der Waals surface area contributed by atoms with Crippen LogP contribution in [0.1, 0.15) is 19.3 Å². The molecule has 6 nitrogen and oxygen atoms in total. The summed E-state index contributed by atoms with van der Waals surface area (Å²) in [7, 11) is -7.02. The van der Waals surface area contributed by atoms with Crippen LogP contribution in [0, 0.1) is 11.8 Å². The molecule has 2 aliphatic rings. The zero-order chi connectivity index (χ0) is 18.7. The maximum absolute atomic E-state index is 13.0. The summed E-state index contributed by atoms with van der Waals surface area (Å²) in [6.07, 6.45) is -15.6. The third kappa shape index (κ3) is 2.56. The Bertz CT molecular complexity index is 610. The first-order valence-electron chi connectivity index (χ1n) is 6.64. The van der Waals surface area contributed by atoms with Gasteiger partial charge in [-0.15, -0.1) is 0 Å². The number of ether oxygens (including phenoxy) is 1. The molecule has 2 bridgehead atoms. The topological polar surface area (TPSA) is 101 Å². The van der Waals surface area contributed by atoms with E-state index in [1.54, 1.807) is 0 Å². The van der Waals surface area contributed by atoms with E-state index < -0.39 is 57.2 Å². The van der Waals surface area contributed by atoms with E-state index in [1.165, 1.54) is 0 Å². The first kappa shape index (κ1) is 19.2. The van der Waals surface area contributed by atoms with E-state index >= 15 is 0 Å². The molecule has 0 radical (unpaired) electrons. The Morgan fingerprint density at radius 3 is 1.79 bits per heavy atom. The molecule has 0 aliphatic heterocycles. The number of esters is 1. The van der Waals surface area contributed by atoms with Crippen LogP contribution in [0.25, 0.3) is 0 Å². The number of alkyl halides is 6. The molecule has 2 fully saturated rings. The number of halogens is 6. The first-order chi connectivity index (χ1) is 10.6. The van der Waals surface area contributed by atoms with E-state index in [0.717, 1.165) is 0 Å². The average Bonchev–Trinajstić information content (AvgIpc) is 2.87. The fraction of sp³-hybridized carbons (Fsp3) is 0.909. The van der Waals surface area contributed by atoms with Crippen molar-refractivity contribution in [2.75, 3.05) is 0 Å². The molecule has 4 unspecified atom stereocenters. The lowest BCUT2D eigenvalue weighted by atomic mass is 9.94. The van der Waals surface area contributed by atoms with Crippen molar-refractivity contribution in [1.29, 1.82) is 0 Å². The van der Waals surface area contributed by atoms with Gasteiger partial charge in [-0.05, 0) is 31.1 Å². The van der Waals surface area contributed by atoms with Crippen molar-refractivity contribution in [3.8, 4) is 0 Å². The molecule has 0 aromatic heterocycles. The number of hydrogen-bond acceptors (Lipinski definition) is 5. The number of aliphatic hydroxyl groups is 1. The van der Waals surface area contributed by atoms with E-state index in [4.69, 9.17) is 4.55 Å². The van der Waals surface area contributed by atoms with Crippen molar-refractivity contribution in [3.63, 3.8) is 0 Å². The molecular weight excluding hydrogens is 374 g/mol. The minimum Gasteiger partial charge on any atom is -0.458 e. The van der Waals surface area contributed by atoms with Gasteiger partial charge in [0.1, 0.15) is 6.10 Å². The molecule has 2 rings (SSSR count). The van der Waals surface area contributed by atoms with Crippen molar-refractivity contribution in [3.05, 3.63) is 0 Å². The summed E-state index contributed by atoms with van der Waals surface area (Å²) in [6, 6.07) is 0. The summed E-state index contributed by atoms with van der Waals surface area (Å²) in [5.41, 5.74) is 0. The molecule has 13 heteroatoms. The minimum absolute atomic E-state index is 0.232. The van der Waals surface area contributed by atoms with Crippen LogP contribution in [0.15, 0.2) is 0 Å². The molecule has 0 aromatic carbocycles. The summed E-state index contributed by atoms with van der Waals surface area (Å²) >= 11 is 0. The highest BCUT2D eigenvalue weighted by Crippen LogP contribution is 2.51. The van der Waals surface area contributed by atoms with Gasteiger partial charge in [0.2, 0.25) is 0 Å². The van der Waals surface area contributed by atoms with Crippen LogP contribution in [0.3, 0.4) is 0 Å². The van der Waals surface area contributed by atoms with Gasteiger partial charge in [-0.3, -0.25) is 4.55 Å². The quantitative estimate of drug-likeness (QED) is 0.433. The summed E-state index contributed by atoms with van der Waals surface area (Å²) in [5, 5.41) is 9.75. The molecule has 2 saturated carbocycles. The fourth-order valence-corrected chi connectivity index (χ4v) is 4.21. The van der Waals surface area contributed by atoms with Gasteiger partial charge in [0.05, 0.1) is 6.10 Å². The van der Waals surface area contributed by atoms with E-state index in [9.17, 15) is 44.7 Å². The third-order valence-corrected chi connectivity index (χ3v) is 5.92. The highest BCUT2D eigenvalue weighted by molar-refractivity contribution is 7.88. The number of carbonyl (C=O) groups is 1. The summed E-state index contributed by atoms with van der Waals surface area (Å²) < 4.78 is 106. The number of aliphatic hydroxyl groups excluding tert-OH is 1. The molecule has 0 aromatic rings. The monoisotopic (exact) mass is 386 g/mol. The maximum Gasteiger partial charge on any atom is 0.430 e. The zero-order valence-corrected chi connectivity index (χ0v) is 12.5. The van der Waals surface area contributed by atoms with E-state index in [1.807, 2.05) is 0 Å². The number of fused-ring (bicyclic) bond motifs is 2. The highest BCUT2D eigenvalue weighted by atomic mass is 32.2. The highest BCUT2D eigenvalue weighted by Gasteiger charge is 2.85. The Balaban J connectivity index is 2.47. The van der Waals surface area contributed by atoms with Crippen molar-refractivity contribution in [1.82, 2.24) is 0 Å². The van der Waals surface area contributed by atoms with Crippen LogP contribution < -0.4 is 0 Å². The average molecular weight is 386 g/mol. The van der Waals surface area contributed by atoms with E-state index in [-0.39, 0.29) is 6.42 Å². The van der Waals surface area contributed by atoms with Crippen LogP contribution >= 0.6 is 0 Å². The van der Waals surface area contributed by atoms with Crippen LogP contribution in [0.5, 0.6) is 0 Å². The van der Waals surface area contributed by atoms with Gasteiger partial charge >= 0.3 is 33.2 Å². The second-order valence-corrected chi connectivity index (χ2v) is 7.41. The Morgan fingerprint density at radius 2 is 1.46 bits per heavy atom. The van der Waals surface area contributed by atoms with Crippen molar-refractivity contribution >= 4 is 16.1 Å². The normalized spacial score (nSPS) is 31.3. The molecule has 4 atom stereocenters. The lowest BCUT2D eigenvalue weighted by Crippen LogP contribution is -2.68. The van der Waals surface area contributed by atoms with Crippen molar-refractivity contribution < 1.29 is 54.0 Å². The lowest BCUT2D eigenvalue weighted by Gasteiger charge is -2.35. The van der Waals surface area contributed by atoms with E-state index in [0.29, 0.717) is 12.8 Å². The molecule has 2 N–H and O–H groups in total. The second-order valence-electron chi connectivity index (χ2n) is 5.85. The van der Waals surface area contributed by atoms with Crippen LogP contribution in [0.4, 0.5) is 26.3 Å². The van der Waals surface area contributed by atoms with E-state index in [2.05, 4.69) is 4.74 Å². The van der Waals surface area contributed by atoms with Gasteiger partial charge in [-0.25, -0.2) is 4.79 Å². The smallest absolute Gasteiger partial charge is 0.430 e. The first-order valence-corrected chi connectivity index (χ1v) is 8.08. The Labute approximate surface area is 131 Å². The Kier molecular flexibility index (Phi) is 4.38. The summed E-state index contributed by atoms with van der Waals surface area (Å²) in [5.74, 6) is -4.35. The van der Waals surface area contributed by atoms with Gasteiger partial charge in [-0.1, -0.05) is 0 Å². The standard InChI is InChI=1S/C11H12F6O6S/c12-10(13,14)9(11(15,16)17,24(20,21)22)8(19)23-7-5-2-1-4(3-5)6(7)18/h4-7,18H,1-3H2,(H,20,21,22). The number of carbonyl (C=O) groups excluding carboxylic acids is 1. The molecule has 0 heterocycles. The molecule has 0 amide bonds. The predicted molar refractivity (Wildman–Crippen MR) is 63.1 cm³/mol. The predicted octanol–water partition coefficient (Wildman–Crippen LogP) is 1.44. The molecule has 140 valence electrons. The van der Waals surface area contributed by atoms with Crippen molar-refractivity contribution in [2.24, 2.45) is 11.8 Å². The summed E-state index contributed by atoms with van der Waals surface area (Å²) in [4.78, 5) is 11.7. The van der Waals surface area contributed by atoms with Gasteiger partial charge in [0.15, 0.2) is 0 Å². The SMILES string of the molecule is O=C(OC1C2CCC(C2)C1O)C(C(F)(F)F)(C(F)(F)F)S(=O)(=O)O. The molecule has 0 saturated heterocycles. The van der Waals surface area contributed by atoms with Gasteiger partial charge in [0.25, 0.3) is 0 Å². The van der Waals surface area contributed by atoms with Crippen LogP contribution in [-0.2, 0) is 19.6 Å². The molecule has 2 aliphatic carbocycles.